The van der Waals surface area contributed by atoms with Crippen LogP contribution in [0.15, 0.2) is 41.8 Å². The van der Waals surface area contributed by atoms with Gasteiger partial charge in [-0.1, -0.05) is 12.1 Å². The number of hydrogen-bond donors (Lipinski definition) is 3. The molecule has 29 heavy (non-hydrogen) atoms. The van der Waals surface area contributed by atoms with Gasteiger partial charge in [0.1, 0.15) is 5.69 Å². The van der Waals surface area contributed by atoms with Crippen LogP contribution in [0.25, 0.3) is 5.57 Å². The maximum Gasteiger partial charge on any atom is 0.417 e. The number of nitrogens with one attached hydrogen (secondary N) is 1. The van der Waals surface area contributed by atoms with Gasteiger partial charge in [0.15, 0.2) is 5.96 Å². The Balaban J connectivity index is 1.89. The van der Waals surface area contributed by atoms with Crippen molar-refractivity contribution in [2.45, 2.75) is 12.6 Å². The predicted octanol–water partition coefficient (Wildman–Crippen LogP) is 1.77. The Morgan fingerprint density at radius 2 is 2.00 bits per heavy atom. The Labute approximate surface area is 163 Å². The number of guanidine groups is 1. The third-order valence-corrected chi connectivity index (χ3v) is 4.37. The van der Waals surface area contributed by atoms with Gasteiger partial charge in [-0.05, 0) is 29.7 Å². The van der Waals surface area contributed by atoms with Crippen molar-refractivity contribution in [3.63, 3.8) is 0 Å². The molecule has 11 heteroatoms. The fourth-order valence-corrected chi connectivity index (χ4v) is 3.02. The van der Waals surface area contributed by atoms with Gasteiger partial charge in [0.05, 0.1) is 18.1 Å². The number of nitrogens with zero attached hydrogens (tertiary/aromatic N) is 3. The first-order chi connectivity index (χ1) is 13.7. The fourth-order valence-electron chi connectivity index (χ4n) is 3.02. The maximum absolute atomic E-state index is 13.6. The van der Waals surface area contributed by atoms with Crippen LogP contribution in [-0.4, -0.2) is 45.7 Å². The van der Waals surface area contributed by atoms with Crippen molar-refractivity contribution < 1.29 is 22.8 Å². The van der Waals surface area contributed by atoms with Crippen LogP contribution in [0.3, 0.4) is 0 Å². The Kier molecular flexibility index (Phi) is 5.39. The minimum absolute atomic E-state index is 0.0487. The number of halogens is 3. The summed E-state index contributed by atoms with van der Waals surface area (Å²) in [5, 5.41) is 0. The Hall–Kier alpha value is -3.63. The summed E-state index contributed by atoms with van der Waals surface area (Å²) < 4.78 is 40.8. The minimum atomic E-state index is -4.69. The van der Waals surface area contributed by atoms with Crippen molar-refractivity contribution in [2.75, 3.05) is 13.1 Å². The van der Waals surface area contributed by atoms with Gasteiger partial charge in [-0.15, -0.1) is 0 Å². The quantitative estimate of drug-likeness (QED) is 0.528. The van der Waals surface area contributed by atoms with Crippen LogP contribution in [0.2, 0.25) is 0 Å². The summed E-state index contributed by atoms with van der Waals surface area (Å²) in [5.41, 5.74) is 9.68. The topological polar surface area (TPSA) is 130 Å². The molecule has 1 aromatic carbocycles. The number of aromatic amines is 1. The van der Waals surface area contributed by atoms with Gasteiger partial charge in [0.2, 0.25) is 0 Å². The van der Waals surface area contributed by atoms with Crippen LogP contribution in [0, 0.1) is 0 Å². The average molecular weight is 406 g/mol. The molecule has 1 aromatic heterocycles. The number of rotatable bonds is 3. The molecule has 0 spiro atoms. The second-order valence-corrected chi connectivity index (χ2v) is 6.30. The molecule has 0 fully saturated rings. The van der Waals surface area contributed by atoms with Gasteiger partial charge in [0.25, 0.3) is 11.8 Å². The van der Waals surface area contributed by atoms with E-state index in [0.717, 1.165) is 6.07 Å². The van der Waals surface area contributed by atoms with Crippen molar-refractivity contribution in [3.8, 4) is 0 Å². The van der Waals surface area contributed by atoms with E-state index in [0.29, 0.717) is 11.3 Å². The molecule has 0 atom stereocenters. The van der Waals surface area contributed by atoms with Gasteiger partial charge in [-0.25, -0.2) is 4.98 Å². The highest BCUT2D eigenvalue weighted by molar-refractivity contribution is 6.02. The SMILES string of the molecule is NC(N)=NC(=O)c1ccc(C2=CCN(C(=O)c3cnc[nH]3)CC2)c(C(F)(F)F)c1. The van der Waals surface area contributed by atoms with Crippen molar-refractivity contribution in [3.05, 3.63) is 59.2 Å². The average Bonchev–Trinajstić information content (AvgIpc) is 3.20. The second kappa shape index (κ2) is 7.78. The summed E-state index contributed by atoms with van der Waals surface area (Å²) in [7, 11) is 0. The summed E-state index contributed by atoms with van der Waals surface area (Å²) in [4.78, 5) is 35.4. The largest absolute Gasteiger partial charge is 0.417 e. The molecule has 2 amide bonds. The molecular formula is C18H17F3N6O2. The molecule has 0 unspecified atom stereocenters. The van der Waals surface area contributed by atoms with Crippen molar-refractivity contribution in [1.29, 1.82) is 0 Å². The van der Waals surface area contributed by atoms with Crippen LogP contribution >= 0.6 is 0 Å². The minimum Gasteiger partial charge on any atom is -0.370 e. The van der Waals surface area contributed by atoms with Gasteiger partial charge < -0.3 is 21.4 Å². The summed E-state index contributed by atoms with van der Waals surface area (Å²) >= 11 is 0. The van der Waals surface area contributed by atoms with E-state index >= 15 is 0 Å². The molecule has 0 saturated carbocycles. The predicted molar refractivity (Wildman–Crippen MR) is 98.7 cm³/mol. The molecule has 1 aliphatic rings. The zero-order chi connectivity index (χ0) is 21.2. The maximum atomic E-state index is 13.6. The number of aromatic nitrogens is 2. The highest BCUT2D eigenvalue weighted by Gasteiger charge is 2.35. The number of alkyl halides is 3. The smallest absolute Gasteiger partial charge is 0.370 e. The lowest BCUT2D eigenvalue weighted by Gasteiger charge is -2.27. The van der Waals surface area contributed by atoms with Gasteiger partial charge in [-0.3, -0.25) is 9.59 Å². The first-order valence-electron chi connectivity index (χ1n) is 8.49. The standard InChI is InChI=1S/C18H17F3N6O2/c19-18(20,21)13-7-11(15(28)26-17(22)23)1-2-12(13)10-3-5-27(6-4-10)16(29)14-8-24-9-25-14/h1-3,7-9H,4-6H2,(H,24,25)(H4,22,23,26,28). The molecule has 2 heterocycles. The second-order valence-electron chi connectivity index (χ2n) is 6.30. The highest BCUT2D eigenvalue weighted by Crippen LogP contribution is 2.37. The highest BCUT2D eigenvalue weighted by atomic mass is 19.4. The molecular weight excluding hydrogens is 389 g/mol. The molecule has 3 rings (SSSR count). The molecule has 0 radical (unpaired) electrons. The molecule has 8 nitrogen and oxygen atoms in total. The van der Waals surface area contributed by atoms with E-state index in [9.17, 15) is 22.8 Å². The molecule has 0 bridgehead atoms. The van der Waals surface area contributed by atoms with Crippen LogP contribution < -0.4 is 11.5 Å². The lowest BCUT2D eigenvalue weighted by atomic mass is 9.93. The fraction of sp³-hybridized carbons (Fsp3) is 0.222. The van der Waals surface area contributed by atoms with Gasteiger partial charge >= 0.3 is 6.18 Å². The Morgan fingerprint density at radius 1 is 1.24 bits per heavy atom. The third kappa shape index (κ3) is 4.45. The van der Waals surface area contributed by atoms with E-state index in [4.69, 9.17) is 11.5 Å². The van der Waals surface area contributed by atoms with Crippen LogP contribution in [0.1, 0.15) is 38.4 Å². The van der Waals surface area contributed by atoms with Crippen LogP contribution in [0.5, 0.6) is 0 Å². The lowest BCUT2D eigenvalue weighted by Crippen LogP contribution is -2.35. The molecule has 5 N–H and O–H groups in total. The summed E-state index contributed by atoms with van der Waals surface area (Å²) in [6.45, 7) is 0.398. The molecule has 1 aliphatic heterocycles. The van der Waals surface area contributed by atoms with Crippen LogP contribution in [-0.2, 0) is 6.18 Å². The Bertz CT molecular complexity index is 992. The van der Waals surface area contributed by atoms with Crippen LogP contribution in [0.4, 0.5) is 13.2 Å². The first kappa shape index (κ1) is 20.1. The zero-order valence-electron chi connectivity index (χ0n) is 15.0. The number of carbonyl (C=O) groups excluding carboxylic acids is 2. The number of benzene rings is 1. The van der Waals surface area contributed by atoms with E-state index in [-0.39, 0.29) is 36.5 Å². The zero-order valence-corrected chi connectivity index (χ0v) is 15.0. The molecule has 0 saturated heterocycles. The first-order valence-corrected chi connectivity index (χ1v) is 8.49. The number of carbonyl (C=O) groups is 2. The van der Waals surface area contributed by atoms with Crippen molar-refractivity contribution in [2.24, 2.45) is 16.5 Å². The van der Waals surface area contributed by atoms with E-state index in [1.807, 2.05) is 0 Å². The van der Waals surface area contributed by atoms with Gasteiger partial charge in [0, 0.05) is 18.7 Å². The molecule has 2 aromatic rings. The number of nitrogens with two attached hydrogens (primary N) is 2. The number of amides is 2. The van der Waals surface area contributed by atoms with E-state index in [1.165, 1.54) is 29.6 Å². The monoisotopic (exact) mass is 406 g/mol. The summed E-state index contributed by atoms with van der Waals surface area (Å²) in [6, 6.07) is 3.19. The normalized spacial score (nSPS) is 14.3. The number of H-pyrrole nitrogens is 1. The van der Waals surface area contributed by atoms with E-state index < -0.39 is 23.6 Å². The summed E-state index contributed by atoms with van der Waals surface area (Å²) in [5.74, 6) is -1.78. The molecule has 152 valence electrons. The van der Waals surface area contributed by atoms with Crippen molar-refractivity contribution in [1.82, 2.24) is 14.9 Å². The number of hydrogen-bond acceptors (Lipinski definition) is 3. The van der Waals surface area contributed by atoms with Crippen molar-refractivity contribution >= 4 is 23.3 Å². The Morgan fingerprint density at radius 3 is 2.55 bits per heavy atom. The lowest BCUT2D eigenvalue weighted by molar-refractivity contribution is -0.137. The molecule has 0 aliphatic carbocycles. The van der Waals surface area contributed by atoms with Gasteiger partial charge in [-0.2, -0.15) is 18.2 Å². The summed E-state index contributed by atoms with van der Waals surface area (Å²) in [6.07, 6.45) is -0.133. The number of aliphatic imine (C=N–C) groups is 1. The third-order valence-electron chi connectivity index (χ3n) is 4.37. The van der Waals surface area contributed by atoms with E-state index in [2.05, 4.69) is 15.0 Å². The number of imidazole rings is 1. The van der Waals surface area contributed by atoms with E-state index in [1.54, 1.807) is 6.08 Å².